The number of nitrogens with zero attached hydrogens (tertiary/aromatic N) is 2. The zero-order valence-corrected chi connectivity index (χ0v) is 12.7. The van der Waals surface area contributed by atoms with Gasteiger partial charge in [-0.15, -0.1) is 0 Å². The number of nitrogens with one attached hydrogen (secondary N) is 1. The molecule has 22 heavy (non-hydrogen) atoms. The minimum atomic E-state index is -0.557. The molecule has 1 unspecified atom stereocenters. The van der Waals surface area contributed by atoms with Crippen molar-refractivity contribution in [3.05, 3.63) is 29.8 Å². The quantitative estimate of drug-likeness (QED) is 0.811. The highest BCUT2D eigenvalue weighted by molar-refractivity contribution is 5.99. The number of piperazine rings is 1. The molecule has 0 spiro atoms. The van der Waals surface area contributed by atoms with E-state index in [0.717, 1.165) is 0 Å². The van der Waals surface area contributed by atoms with Crippen molar-refractivity contribution in [2.45, 2.75) is 13.0 Å². The van der Waals surface area contributed by atoms with Crippen LogP contribution < -0.4 is 11.1 Å². The highest BCUT2D eigenvalue weighted by Gasteiger charge is 2.29. The fraction of sp³-hybridized carbons (Fsp3) is 0.400. The Morgan fingerprint density at radius 3 is 2.68 bits per heavy atom. The molecule has 1 aromatic rings. The lowest BCUT2D eigenvalue weighted by Gasteiger charge is -2.37. The molecule has 7 heteroatoms. The lowest BCUT2D eigenvalue weighted by molar-refractivity contribution is -0.145. The second-order valence-electron chi connectivity index (χ2n) is 5.39. The second-order valence-corrected chi connectivity index (χ2v) is 5.39. The van der Waals surface area contributed by atoms with E-state index in [-0.39, 0.29) is 30.9 Å². The van der Waals surface area contributed by atoms with Crippen molar-refractivity contribution in [3.63, 3.8) is 0 Å². The van der Waals surface area contributed by atoms with Crippen molar-refractivity contribution in [2.75, 3.05) is 32.0 Å². The molecule has 1 aliphatic heterocycles. The van der Waals surface area contributed by atoms with Gasteiger partial charge in [0, 0.05) is 25.3 Å². The van der Waals surface area contributed by atoms with Crippen LogP contribution in [0.5, 0.6) is 0 Å². The number of likely N-dealkylation sites (N-methyl/N-ethyl adjacent to an activating group) is 1. The van der Waals surface area contributed by atoms with Crippen LogP contribution in [0.2, 0.25) is 0 Å². The summed E-state index contributed by atoms with van der Waals surface area (Å²) in [7, 11) is 1.73. The molecule has 1 heterocycles. The van der Waals surface area contributed by atoms with Gasteiger partial charge in [0.1, 0.15) is 0 Å². The van der Waals surface area contributed by atoms with Gasteiger partial charge in [0.15, 0.2) is 0 Å². The van der Waals surface area contributed by atoms with E-state index < -0.39 is 5.91 Å². The average Bonchev–Trinajstić information content (AvgIpc) is 2.49. The number of primary amides is 1. The van der Waals surface area contributed by atoms with Crippen LogP contribution in [-0.2, 0) is 9.59 Å². The zero-order valence-electron chi connectivity index (χ0n) is 12.7. The van der Waals surface area contributed by atoms with E-state index in [1.54, 1.807) is 36.2 Å². The van der Waals surface area contributed by atoms with Gasteiger partial charge in [-0.25, -0.2) is 0 Å². The van der Waals surface area contributed by atoms with Gasteiger partial charge in [-0.1, -0.05) is 12.1 Å². The molecule has 0 aromatic heterocycles. The maximum absolute atomic E-state index is 12.2. The number of benzene rings is 1. The van der Waals surface area contributed by atoms with Gasteiger partial charge < -0.3 is 20.9 Å². The predicted molar refractivity (Wildman–Crippen MR) is 82.3 cm³/mol. The molecule has 0 saturated carbocycles. The third kappa shape index (κ3) is 3.36. The van der Waals surface area contributed by atoms with E-state index in [2.05, 4.69) is 5.32 Å². The number of para-hydroxylation sites is 1. The maximum Gasteiger partial charge on any atom is 0.250 e. The van der Waals surface area contributed by atoms with E-state index in [4.69, 9.17) is 5.73 Å². The Balaban J connectivity index is 1.99. The first-order valence-corrected chi connectivity index (χ1v) is 7.06. The summed E-state index contributed by atoms with van der Waals surface area (Å²) < 4.78 is 0. The molecular formula is C15H20N4O3. The Bertz CT molecular complexity index is 602. The minimum absolute atomic E-state index is 0.00794. The number of carbonyl (C=O) groups excluding carboxylic acids is 3. The van der Waals surface area contributed by atoms with E-state index >= 15 is 0 Å². The first-order valence-electron chi connectivity index (χ1n) is 7.06. The molecule has 1 aliphatic rings. The Morgan fingerprint density at radius 1 is 1.36 bits per heavy atom. The summed E-state index contributed by atoms with van der Waals surface area (Å²) in [5.41, 5.74) is 6.13. The van der Waals surface area contributed by atoms with Crippen molar-refractivity contribution in [1.29, 1.82) is 0 Å². The summed E-state index contributed by atoms with van der Waals surface area (Å²) in [6.45, 7) is 2.49. The molecule has 118 valence electrons. The standard InChI is InChI=1S/C15H20N4O3/c1-10-8-19(9-14(21)18(10)2)13(20)7-17-12-6-4-3-5-11(12)15(16)22/h3-6,10,17H,7-9H2,1-2H3,(H2,16,22). The monoisotopic (exact) mass is 304 g/mol. The SMILES string of the molecule is CC1CN(C(=O)CNc2ccccc2C(N)=O)CC(=O)N1C. The largest absolute Gasteiger partial charge is 0.376 e. The van der Waals surface area contributed by atoms with Gasteiger partial charge in [0.2, 0.25) is 11.8 Å². The normalized spacial score (nSPS) is 18.3. The number of nitrogens with two attached hydrogens (primary N) is 1. The van der Waals surface area contributed by atoms with E-state index in [9.17, 15) is 14.4 Å². The Kier molecular flexibility index (Phi) is 4.65. The molecule has 0 aliphatic carbocycles. The fourth-order valence-corrected chi connectivity index (χ4v) is 2.35. The molecule has 7 nitrogen and oxygen atoms in total. The molecule has 1 fully saturated rings. The number of hydrogen-bond donors (Lipinski definition) is 2. The fourth-order valence-electron chi connectivity index (χ4n) is 2.35. The summed E-state index contributed by atoms with van der Waals surface area (Å²) in [5, 5.41) is 2.92. The Morgan fingerprint density at radius 2 is 2.05 bits per heavy atom. The molecule has 3 amide bonds. The van der Waals surface area contributed by atoms with Crippen LogP contribution in [0.1, 0.15) is 17.3 Å². The van der Waals surface area contributed by atoms with Crippen molar-refractivity contribution in [3.8, 4) is 0 Å². The molecule has 1 atom stereocenters. The lowest BCUT2D eigenvalue weighted by Crippen LogP contribution is -2.56. The van der Waals surface area contributed by atoms with Crippen molar-refractivity contribution < 1.29 is 14.4 Å². The number of rotatable bonds is 4. The third-order valence-corrected chi connectivity index (χ3v) is 3.84. The molecule has 3 N–H and O–H groups in total. The van der Waals surface area contributed by atoms with E-state index in [1.165, 1.54) is 4.90 Å². The van der Waals surface area contributed by atoms with Gasteiger partial charge in [-0.05, 0) is 19.1 Å². The van der Waals surface area contributed by atoms with Crippen LogP contribution in [0.25, 0.3) is 0 Å². The maximum atomic E-state index is 12.2. The number of amides is 3. The Labute approximate surface area is 129 Å². The van der Waals surface area contributed by atoms with Crippen molar-refractivity contribution >= 4 is 23.4 Å². The topological polar surface area (TPSA) is 95.7 Å². The minimum Gasteiger partial charge on any atom is -0.376 e. The molecule has 1 aromatic carbocycles. The smallest absolute Gasteiger partial charge is 0.250 e. The van der Waals surface area contributed by atoms with E-state index in [1.807, 2.05) is 6.92 Å². The summed E-state index contributed by atoms with van der Waals surface area (Å²) >= 11 is 0. The number of hydrogen-bond acceptors (Lipinski definition) is 4. The van der Waals surface area contributed by atoms with Crippen LogP contribution in [0.3, 0.4) is 0 Å². The summed E-state index contributed by atoms with van der Waals surface area (Å²) in [5.74, 6) is -0.823. The lowest BCUT2D eigenvalue weighted by atomic mass is 10.1. The summed E-state index contributed by atoms with van der Waals surface area (Å²) in [4.78, 5) is 38.5. The summed E-state index contributed by atoms with van der Waals surface area (Å²) in [6.07, 6.45) is 0. The number of anilines is 1. The predicted octanol–water partition coefficient (Wildman–Crippen LogP) is -0.113. The second kappa shape index (κ2) is 6.46. The molecule has 2 rings (SSSR count). The Hall–Kier alpha value is -2.57. The van der Waals surface area contributed by atoms with Gasteiger partial charge in [-0.2, -0.15) is 0 Å². The third-order valence-electron chi connectivity index (χ3n) is 3.84. The molecule has 0 radical (unpaired) electrons. The first kappa shape index (κ1) is 15.8. The first-order chi connectivity index (χ1) is 10.4. The van der Waals surface area contributed by atoms with Gasteiger partial charge in [-0.3, -0.25) is 14.4 Å². The highest BCUT2D eigenvalue weighted by Crippen LogP contribution is 2.14. The van der Waals surface area contributed by atoms with Gasteiger partial charge in [0.25, 0.3) is 5.91 Å². The zero-order chi connectivity index (χ0) is 16.3. The molecular weight excluding hydrogens is 284 g/mol. The van der Waals surface area contributed by atoms with Crippen LogP contribution >= 0.6 is 0 Å². The number of carbonyl (C=O) groups is 3. The molecule has 1 saturated heterocycles. The molecule has 0 bridgehead atoms. The van der Waals surface area contributed by atoms with E-state index in [0.29, 0.717) is 17.8 Å². The van der Waals surface area contributed by atoms with Crippen molar-refractivity contribution in [2.24, 2.45) is 5.73 Å². The van der Waals surface area contributed by atoms with Crippen LogP contribution in [-0.4, -0.2) is 60.2 Å². The van der Waals surface area contributed by atoms with Crippen LogP contribution in [0.15, 0.2) is 24.3 Å². The van der Waals surface area contributed by atoms with Crippen LogP contribution in [0.4, 0.5) is 5.69 Å². The van der Waals surface area contributed by atoms with Crippen molar-refractivity contribution in [1.82, 2.24) is 9.80 Å². The van der Waals surface area contributed by atoms with Crippen LogP contribution in [0, 0.1) is 0 Å². The van der Waals surface area contributed by atoms with Gasteiger partial charge in [0.05, 0.1) is 18.7 Å². The van der Waals surface area contributed by atoms with Gasteiger partial charge >= 0.3 is 0 Å². The average molecular weight is 304 g/mol. The highest BCUT2D eigenvalue weighted by atomic mass is 16.2. The summed E-state index contributed by atoms with van der Waals surface area (Å²) in [6, 6.07) is 6.72.